The molecule has 2 N–H and O–H groups in total. The van der Waals surface area contributed by atoms with Gasteiger partial charge in [-0.1, -0.05) is 25.4 Å². The highest BCUT2D eigenvalue weighted by molar-refractivity contribution is 6.30. The van der Waals surface area contributed by atoms with Crippen LogP contribution < -0.4 is 5.73 Å². The van der Waals surface area contributed by atoms with Gasteiger partial charge >= 0.3 is 0 Å². The van der Waals surface area contributed by atoms with E-state index in [2.05, 4.69) is 9.97 Å². The standard InChI is InChI=1S/C5H6ClN3.C2H6/c1-3-4(6)8-2-9-5(3)7;1-2/h2H,1H3,(H2,7,8,9);1-2H3. The fourth-order valence-corrected chi connectivity index (χ4v) is 0.582. The van der Waals surface area contributed by atoms with Crippen LogP contribution in [0.15, 0.2) is 6.33 Å². The molecule has 0 aliphatic carbocycles. The monoisotopic (exact) mass is 173 g/mol. The number of hydrogen-bond donors (Lipinski definition) is 1. The maximum absolute atomic E-state index is 5.58. The Morgan fingerprint density at radius 2 is 1.91 bits per heavy atom. The predicted octanol–water partition coefficient (Wildman–Crippen LogP) is 2.05. The molecule has 0 aromatic carbocycles. The Balaban J connectivity index is 0.000000461. The van der Waals surface area contributed by atoms with Gasteiger partial charge in [-0.15, -0.1) is 0 Å². The number of rotatable bonds is 0. The summed E-state index contributed by atoms with van der Waals surface area (Å²) in [5.74, 6) is 0.440. The van der Waals surface area contributed by atoms with Crippen molar-refractivity contribution in [1.29, 1.82) is 0 Å². The Hall–Kier alpha value is -0.830. The lowest BCUT2D eigenvalue weighted by Crippen LogP contribution is -1.94. The third kappa shape index (κ3) is 2.72. The number of aromatic nitrogens is 2. The highest BCUT2D eigenvalue weighted by atomic mass is 35.5. The SMILES string of the molecule is CC.Cc1c(N)ncnc1Cl. The average Bonchev–Trinajstić information content (AvgIpc) is 2.04. The van der Waals surface area contributed by atoms with Crippen LogP contribution in [0.4, 0.5) is 5.82 Å². The van der Waals surface area contributed by atoms with Gasteiger partial charge in [-0.3, -0.25) is 0 Å². The molecule has 0 saturated carbocycles. The largest absolute Gasteiger partial charge is 0.383 e. The molecule has 0 atom stereocenters. The number of nitrogen functional groups attached to an aromatic ring is 1. The third-order valence-corrected chi connectivity index (χ3v) is 1.44. The van der Waals surface area contributed by atoms with Crippen molar-refractivity contribution in [2.24, 2.45) is 0 Å². The van der Waals surface area contributed by atoms with Gasteiger partial charge in [0.05, 0.1) is 0 Å². The number of halogens is 1. The second kappa shape index (κ2) is 4.91. The third-order valence-electron chi connectivity index (χ3n) is 1.06. The van der Waals surface area contributed by atoms with Crippen LogP contribution in [-0.2, 0) is 0 Å². The van der Waals surface area contributed by atoms with Crippen LogP contribution in [0, 0.1) is 6.92 Å². The van der Waals surface area contributed by atoms with Crippen LogP contribution in [-0.4, -0.2) is 9.97 Å². The highest BCUT2D eigenvalue weighted by Crippen LogP contribution is 2.13. The molecule has 0 fully saturated rings. The summed E-state index contributed by atoms with van der Waals surface area (Å²) in [7, 11) is 0. The van der Waals surface area contributed by atoms with E-state index in [4.69, 9.17) is 17.3 Å². The fourth-order valence-electron chi connectivity index (χ4n) is 0.441. The van der Waals surface area contributed by atoms with Crippen molar-refractivity contribution in [2.75, 3.05) is 5.73 Å². The molecule has 3 nitrogen and oxygen atoms in total. The first kappa shape index (κ1) is 10.2. The van der Waals surface area contributed by atoms with E-state index < -0.39 is 0 Å². The highest BCUT2D eigenvalue weighted by Gasteiger charge is 1.98. The Kier molecular flexibility index (Phi) is 4.54. The summed E-state index contributed by atoms with van der Waals surface area (Å²) in [6.07, 6.45) is 1.34. The average molecular weight is 174 g/mol. The van der Waals surface area contributed by atoms with Crippen LogP contribution in [0.1, 0.15) is 19.4 Å². The lowest BCUT2D eigenvalue weighted by atomic mass is 10.4. The van der Waals surface area contributed by atoms with E-state index in [0.717, 1.165) is 5.56 Å². The van der Waals surface area contributed by atoms with Gasteiger partial charge < -0.3 is 5.73 Å². The summed E-state index contributed by atoms with van der Waals surface area (Å²) < 4.78 is 0. The minimum absolute atomic E-state index is 0.419. The first-order valence-electron chi connectivity index (χ1n) is 3.44. The first-order chi connectivity index (χ1) is 5.22. The molecule has 0 saturated heterocycles. The molecule has 0 amide bonds. The molecule has 0 bridgehead atoms. The zero-order valence-corrected chi connectivity index (χ0v) is 7.68. The molecule has 0 unspecified atom stereocenters. The van der Waals surface area contributed by atoms with Gasteiger partial charge in [0.25, 0.3) is 0 Å². The van der Waals surface area contributed by atoms with E-state index in [-0.39, 0.29) is 0 Å². The minimum Gasteiger partial charge on any atom is -0.383 e. The number of hydrogen-bond acceptors (Lipinski definition) is 3. The van der Waals surface area contributed by atoms with Crippen molar-refractivity contribution in [3.05, 3.63) is 17.0 Å². The smallest absolute Gasteiger partial charge is 0.137 e. The van der Waals surface area contributed by atoms with E-state index in [1.807, 2.05) is 13.8 Å². The summed E-state index contributed by atoms with van der Waals surface area (Å²) in [6.45, 7) is 5.78. The Morgan fingerprint density at radius 1 is 1.36 bits per heavy atom. The van der Waals surface area contributed by atoms with Crippen molar-refractivity contribution in [2.45, 2.75) is 20.8 Å². The van der Waals surface area contributed by atoms with Crippen LogP contribution in [0.3, 0.4) is 0 Å². The van der Waals surface area contributed by atoms with Crippen LogP contribution in [0.5, 0.6) is 0 Å². The van der Waals surface area contributed by atoms with E-state index in [1.165, 1.54) is 6.33 Å². The number of nitrogens with zero attached hydrogens (tertiary/aromatic N) is 2. The zero-order valence-electron chi connectivity index (χ0n) is 6.93. The van der Waals surface area contributed by atoms with Gasteiger partial charge in [0.15, 0.2) is 0 Å². The van der Waals surface area contributed by atoms with E-state index in [9.17, 15) is 0 Å². The second-order valence-corrected chi connectivity index (χ2v) is 2.03. The molecule has 62 valence electrons. The summed E-state index contributed by atoms with van der Waals surface area (Å²) in [5, 5.41) is 0.419. The summed E-state index contributed by atoms with van der Waals surface area (Å²) >= 11 is 5.58. The van der Waals surface area contributed by atoms with Crippen molar-refractivity contribution in [3.8, 4) is 0 Å². The number of anilines is 1. The molecular weight excluding hydrogens is 162 g/mol. The Labute approximate surface area is 71.6 Å². The normalized spacial score (nSPS) is 8.36. The van der Waals surface area contributed by atoms with E-state index >= 15 is 0 Å². The zero-order chi connectivity index (χ0) is 8.85. The van der Waals surface area contributed by atoms with E-state index in [0.29, 0.717) is 11.0 Å². The molecule has 0 spiro atoms. The van der Waals surface area contributed by atoms with Gasteiger partial charge in [-0.25, -0.2) is 9.97 Å². The van der Waals surface area contributed by atoms with Crippen molar-refractivity contribution >= 4 is 17.4 Å². The van der Waals surface area contributed by atoms with Crippen LogP contribution >= 0.6 is 11.6 Å². The van der Waals surface area contributed by atoms with Gasteiger partial charge in [0, 0.05) is 5.56 Å². The summed E-state index contributed by atoms with van der Waals surface area (Å²) in [4.78, 5) is 7.44. The Morgan fingerprint density at radius 3 is 2.27 bits per heavy atom. The summed E-state index contributed by atoms with van der Waals surface area (Å²) in [6, 6.07) is 0. The molecule has 4 heteroatoms. The molecule has 11 heavy (non-hydrogen) atoms. The molecule has 0 aliphatic rings. The maximum atomic E-state index is 5.58. The fraction of sp³-hybridized carbons (Fsp3) is 0.429. The molecule has 0 aliphatic heterocycles. The topological polar surface area (TPSA) is 51.8 Å². The molecule has 0 radical (unpaired) electrons. The predicted molar refractivity (Wildman–Crippen MR) is 47.5 cm³/mol. The molecule has 1 aromatic heterocycles. The number of nitrogens with two attached hydrogens (primary N) is 1. The van der Waals surface area contributed by atoms with E-state index in [1.54, 1.807) is 6.92 Å². The molecule has 1 rings (SSSR count). The Bertz CT molecular complexity index is 205. The molecule has 1 heterocycles. The lowest BCUT2D eigenvalue weighted by molar-refractivity contribution is 1.14. The maximum Gasteiger partial charge on any atom is 0.137 e. The van der Waals surface area contributed by atoms with Crippen molar-refractivity contribution in [3.63, 3.8) is 0 Å². The lowest BCUT2D eigenvalue weighted by Gasteiger charge is -1.96. The molecule has 1 aromatic rings. The minimum atomic E-state index is 0.419. The van der Waals surface area contributed by atoms with Crippen molar-refractivity contribution in [1.82, 2.24) is 9.97 Å². The van der Waals surface area contributed by atoms with Gasteiger partial charge in [-0.2, -0.15) is 0 Å². The quantitative estimate of drug-likeness (QED) is 0.611. The van der Waals surface area contributed by atoms with Gasteiger partial charge in [-0.05, 0) is 6.92 Å². The second-order valence-electron chi connectivity index (χ2n) is 1.67. The van der Waals surface area contributed by atoms with Crippen LogP contribution in [0.2, 0.25) is 5.15 Å². The van der Waals surface area contributed by atoms with Crippen molar-refractivity contribution < 1.29 is 0 Å². The van der Waals surface area contributed by atoms with Gasteiger partial charge in [0.1, 0.15) is 17.3 Å². The van der Waals surface area contributed by atoms with Gasteiger partial charge in [0.2, 0.25) is 0 Å². The first-order valence-corrected chi connectivity index (χ1v) is 3.82. The van der Waals surface area contributed by atoms with Crippen LogP contribution in [0.25, 0.3) is 0 Å². The molecular formula is C7H12ClN3. The summed E-state index contributed by atoms with van der Waals surface area (Å²) in [5.41, 5.74) is 6.12.